The molecule has 9 heteroatoms. The Hall–Kier alpha value is -2.48. The van der Waals surface area contributed by atoms with Crippen LogP contribution in [-0.2, 0) is 9.59 Å². The molecule has 1 aromatic rings. The number of carbonyl (C=O) groups is 3. The summed E-state index contributed by atoms with van der Waals surface area (Å²) in [6.45, 7) is 8.59. The third-order valence-corrected chi connectivity index (χ3v) is 8.95. The number of rotatable bonds is 8. The van der Waals surface area contributed by atoms with Crippen LogP contribution >= 0.6 is 11.6 Å². The first-order chi connectivity index (χ1) is 17.8. The maximum absolute atomic E-state index is 13.6. The minimum atomic E-state index is -0.789. The summed E-state index contributed by atoms with van der Waals surface area (Å²) in [5.41, 5.74) is -0.469. The van der Waals surface area contributed by atoms with Gasteiger partial charge in [0.1, 0.15) is 11.5 Å². The van der Waals surface area contributed by atoms with Gasteiger partial charge in [-0.1, -0.05) is 32.4 Å². The van der Waals surface area contributed by atoms with Crippen LogP contribution in [-0.4, -0.2) is 48.7 Å². The van der Waals surface area contributed by atoms with E-state index in [1.54, 1.807) is 19.1 Å². The maximum atomic E-state index is 13.6. The van der Waals surface area contributed by atoms with Gasteiger partial charge in [-0.15, -0.1) is 0 Å². The van der Waals surface area contributed by atoms with Gasteiger partial charge >= 0.3 is 5.97 Å². The zero-order valence-corrected chi connectivity index (χ0v) is 23.8. The zero-order valence-electron chi connectivity index (χ0n) is 23.1. The van der Waals surface area contributed by atoms with Crippen LogP contribution < -0.4 is 20.1 Å². The second-order valence-corrected chi connectivity index (χ2v) is 13.2. The quantitative estimate of drug-likeness (QED) is 0.418. The highest BCUT2D eigenvalue weighted by Gasteiger charge is 2.51. The van der Waals surface area contributed by atoms with E-state index < -0.39 is 11.4 Å². The number of nitrogens with one attached hydrogen (secondary N) is 2. The molecule has 2 amide bonds. The zero-order chi connectivity index (χ0) is 27.8. The molecule has 8 nitrogen and oxygen atoms in total. The lowest BCUT2D eigenvalue weighted by Crippen LogP contribution is -2.50. The number of carboxylic acids is 1. The van der Waals surface area contributed by atoms with E-state index in [0.29, 0.717) is 54.3 Å². The molecule has 0 heterocycles. The highest BCUT2D eigenvalue weighted by atomic mass is 35.5. The van der Waals surface area contributed by atoms with E-state index in [4.69, 9.17) is 21.1 Å². The second kappa shape index (κ2) is 10.9. The van der Waals surface area contributed by atoms with Crippen LogP contribution in [0.5, 0.6) is 11.5 Å². The van der Waals surface area contributed by atoms with Gasteiger partial charge in [0.25, 0.3) is 5.91 Å². The summed E-state index contributed by atoms with van der Waals surface area (Å²) >= 11 is 6.48. The predicted molar refractivity (Wildman–Crippen MR) is 145 cm³/mol. The first-order valence-corrected chi connectivity index (χ1v) is 14.1. The van der Waals surface area contributed by atoms with Crippen molar-refractivity contribution in [3.05, 3.63) is 22.7 Å². The molecule has 0 aromatic heterocycles. The van der Waals surface area contributed by atoms with Crippen LogP contribution in [0.1, 0.15) is 83.0 Å². The summed E-state index contributed by atoms with van der Waals surface area (Å²) in [4.78, 5) is 38.3. The van der Waals surface area contributed by atoms with Gasteiger partial charge < -0.3 is 25.2 Å². The highest BCUT2D eigenvalue weighted by molar-refractivity contribution is 6.32. The molecule has 3 fully saturated rings. The van der Waals surface area contributed by atoms with Crippen molar-refractivity contribution in [2.75, 3.05) is 13.7 Å². The smallest absolute Gasteiger partial charge is 0.309 e. The number of hydrogen-bond acceptors (Lipinski definition) is 5. The Morgan fingerprint density at radius 1 is 1.08 bits per heavy atom. The van der Waals surface area contributed by atoms with E-state index in [0.717, 1.165) is 19.3 Å². The van der Waals surface area contributed by atoms with Crippen molar-refractivity contribution >= 4 is 29.4 Å². The summed E-state index contributed by atoms with van der Waals surface area (Å²) in [5, 5.41) is 16.1. The van der Waals surface area contributed by atoms with Gasteiger partial charge in [-0.3, -0.25) is 14.4 Å². The molecular formula is C29H41ClN2O6. The van der Waals surface area contributed by atoms with Crippen molar-refractivity contribution in [1.82, 2.24) is 10.6 Å². The number of halogens is 1. The van der Waals surface area contributed by atoms with Gasteiger partial charge in [-0.2, -0.15) is 0 Å². The summed E-state index contributed by atoms with van der Waals surface area (Å²) in [6, 6.07) is 2.94. The lowest BCUT2D eigenvalue weighted by molar-refractivity contribution is -0.150. The van der Waals surface area contributed by atoms with Crippen molar-refractivity contribution in [2.24, 2.45) is 28.6 Å². The Balaban J connectivity index is 1.48. The Morgan fingerprint density at radius 2 is 1.74 bits per heavy atom. The number of carbonyl (C=O) groups excluding carboxylic acids is 2. The lowest BCUT2D eigenvalue weighted by Gasteiger charge is -2.34. The Labute approximate surface area is 230 Å². The molecule has 38 heavy (non-hydrogen) atoms. The molecule has 0 radical (unpaired) electrons. The molecule has 4 atom stereocenters. The molecule has 3 aliphatic carbocycles. The van der Waals surface area contributed by atoms with Gasteiger partial charge in [0.2, 0.25) is 5.91 Å². The van der Waals surface area contributed by atoms with Gasteiger partial charge in [0.15, 0.2) is 0 Å². The third-order valence-electron chi connectivity index (χ3n) is 8.65. The van der Waals surface area contributed by atoms with E-state index in [9.17, 15) is 19.5 Å². The fourth-order valence-electron chi connectivity index (χ4n) is 6.29. The molecular weight excluding hydrogens is 508 g/mol. The maximum Gasteiger partial charge on any atom is 0.309 e. The van der Waals surface area contributed by atoms with Crippen LogP contribution in [0.3, 0.4) is 0 Å². The van der Waals surface area contributed by atoms with Crippen molar-refractivity contribution in [3.8, 4) is 11.5 Å². The minimum Gasteiger partial charge on any atom is -0.496 e. The first kappa shape index (κ1) is 28.5. The minimum absolute atomic E-state index is 0.00942. The number of ether oxygens (including phenoxy) is 2. The van der Waals surface area contributed by atoms with Gasteiger partial charge in [-0.05, 0) is 75.2 Å². The normalized spacial score (nSPS) is 30.5. The van der Waals surface area contributed by atoms with E-state index in [-0.39, 0.29) is 47.1 Å². The predicted octanol–water partition coefficient (Wildman–Crippen LogP) is 5.07. The van der Waals surface area contributed by atoms with Crippen LogP contribution in [0.4, 0.5) is 0 Å². The molecule has 4 unspecified atom stereocenters. The number of hydrogen-bond donors (Lipinski definition) is 3. The molecule has 0 spiro atoms. The molecule has 210 valence electrons. The Morgan fingerprint density at radius 3 is 2.34 bits per heavy atom. The largest absolute Gasteiger partial charge is 0.496 e. The molecule has 3 N–H and O–H groups in total. The van der Waals surface area contributed by atoms with Gasteiger partial charge in [0, 0.05) is 18.7 Å². The van der Waals surface area contributed by atoms with Crippen molar-refractivity contribution in [1.29, 1.82) is 0 Å². The molecule has 0 aliphatic heterocycles. The summed E-state index contributed by atoms with van der Waals surface area (Å²) < 4.78 is 11.6. The third kappa shape index (κ3) is 6.05. The second-order valence-electron chi connectivity index (χ2n) is 12.8. The van der Waals surface area contributed by atoms with Crippen LogP contribution in [0.25, 0.3) is 0 Å². The Bertz CT molecular complexity index is 1080. The SMILES string of the molecule is COc1cc(Cl)c(OC2CCC(C)(C(=O)O)CC2)cc1C(=O)NC1C2CCC(C2)C1C(=O)NCC(C)(C)C. The van der Waals surface area contributed by atoms with Crippen LogP contribution in [0.15, 0.2) is 12.1 Å². The Kier molecular flexibility index (Phi) is 8.22. The fourth-order valence-corrected chi connectivity index (χ4v) is 6.49. The molecule has 0 saturated heterocycles. The number of carboxylic acid groups (broad SMARTS) is 1. The number of fused-ring (bicyclic) bond motifs is 2. The number of methoxy groups -OCH3 is 1. The van der Waals surface area contributed by atoms with Crippen molar-refractivity contribution in [3.63, 3.8) is 0 Å². The highest BCUT2D eigenvalue weighted by Crippen LogP contribution is 2.49. The van der Waals surface area contributed by atoms with E-state index in [1.807, 2.05) is 0 Å². The standard InChI is InChI=1S/C29H41ClN2O6/c1-28(2,3)15-31-26(34)23-16-6-7-17(12-16)24(23)32-25(33)19-13-22(20(30)14-21(19)37-5)38-18-8-10-29(4,11-9-18)27(35)36/h13-14,16-18,23-24H,6-12,15H2,1-5H3,(H,31,34)(H,32,33)(H,35,36). The summed E-state index contributed by atoms with van der Waals surface area (Å²) in [7, 11) is 1.48. The number of benzene rings is 1. The van der Waals surface area contributed by atoms with Gasteiger partial charge in [0.05, 0.1) is 35.1 Å². The van der Waals surface area contributed by atoms with E-state index in [1.165, 1.54) is 7.11 Å². The lowest BCUT2D eigenvalue weighted by atomic mass is 9.75. The first-order valence-electron chi connectivity index (χ1n) is 13.7. The van der Waals surface area contributed by atoms with Crippen molar-refractivity contribution in [2.45, 2.75) is 84.8 Å². The van der Waals surface area contributed by atoms with Crippen molar-refractivity contribution < 1.29 is 29.0 Å². The fraction of sp³-hybridized carbons (Fsp3) is 0.690. The monoisotopic (exact) mass is 548 g/mol. The number of aliphatic carboxylic acids is 1. The van der Waals surface area contributed by atoms with Crippen LogP contribution in [0, 0.1) is 28.6 Å². The van der Waals surface area contributed by atoms with E-state index in [2.05, 4.69) is 31.4 Å². The average Bonchev–Trinajstić information content (AvgIpc) is 3.46. The number of amides is 2. The molecule has 4 rings (SSSR count). The average molecular weight is 549 g/mol. The van der Waals surface area contributed by atoms with E-state index >= 15 is 0 Å². The summed E-state index contributed by atoms with van der Waals surface area (Å²) in [6.07, 6.45) is 4.96. The van der Waals surface area contributed by atoms with Gasteiger partial charge in [-0.25, -0.2) is 0 Å². The molecule has 3 aliphatic rings. The molecule has 3 saturated carbocycles. The van der Waals surface area contributed by atoms with Crippen LogP contribution in [0.2, 0.25) is 5.02 Å². The summed E-state index contributed by atoms with van der Waals surface area (Å²) in [5.74, 6) is -0.101. The molecule has 2 bridgehead atoms. The topological polar surface area (TPSA) is 114 Å². The molecule has 1 aromatic carbocycles.